The quantitative estimate of drug-likeness (QED) is 0.708. The van der Waals surface area contributed by atoms with Gasteiger partial charge in [-0.05, 0) is 32.2 Å². The Hall–Kier alpha value is -0.0800. The number of hydrogen-bond donors (Lipinski definition) is 1. The van der Waals surface area contributed by atoms with Crippen molar-refractivity contribution in [1.29, 1.82) is 0 Å². The molecule has 2 nitrogen and oxygen atoms in total. The lowest BCUT2D eigenvalue weighted by Gasteiger charge is -2.35. The van der Waals surface area contributed by atoms with Crippen LogP contribution >= 0.6 is 0 Å². The van der Waals surface area contributed by atoms with Crippen LogP contribution in [0.5, 0.6) is 0 Å². The van der Waals surface area contributed by atoms with E-state index in [-0.39, 0.29) is 0 Å². The van der Waals surface area contributed by atoms with E-state index in [4.69, 9.17) is 5.11 Å². The molecule has 13 heavy (non-hydrogen) atoms. The summed E-state index contributed by atoms with van der Waals surface area (Å²) in [6.07, 6.45) is 7.71. The van der Waals surface area contributed by atoms with Crippen LogP contribution in [-0.2, 0) is 0 Å². The molecule has 1 aliphatic rings. The highest BCUT2D eigenvalue weighted by Crippen LogP contribution is 2.20. The topological polar surface area (TPSA) is 23.5 Å². The van der Waals surface area contributed by atoms with Crippen LogP contribution in [0.25, 0.3) is 0 Å². The van der Waals surface area contributed by atoms with E-state index in [0.29, 0.717) is 6.61 Å². The number of rotatable bonds is 5. The van der Waals surface area contributed by atoms with Crippen molar-refractivity contribution in [2.45, 2.75) is 51.5 Å². The molecule has 2 heteroatoms. The average Bonchev–Trinajstić information content (AvgIpc) is 2.17. The van der Waals surface area contributed by atoms with Crippen LogP contribution in [0, 0.1) is 0 Å². The van der Waals surface area contributed by atoms with Crippen LogP contribution < -0.4 is 0 Å². The number of aliphatic hydroxyl groups excluding tert-OH is 1. The van der Waals surface area contributed by atoms with Crippen molar-refractivity contribution in [1.82, 2.24) is 4.90 Å². The van der Waals surface area contributed by atoms with Gasteiger partial charge in [-0.1, -0.05) is 19.8 Å². The molecule has 1 atom stereocenters. The van der Waals surface area contributed by atoms with Gasteiger partial charge < -0.3 is 10.0 Å². The first-order chi connectivity index (χ1) is 6.38. The monoisotopic (exact) mass is 185 g/mol. The van der Waals surface area contributed by atoms with Crippen LogP contribution in [0.1, 0.15) is 45.4 Å². The van der Waals surface area contributed by atoms with Crippen LogP contribution in [0.15, 0.2) is 0 Å². The summed E-state index contributed by atoms with van der Waals surface area (Å²) in [7, 11) is 0. The molecule has 1 fully saturated rings. The fraction of sp³-hybridized carbons (Fsp3) is 1.00. The second kappa shape index (κ2) is 6.39. The van der Waals surface area contributed by atoms with Gasteiger partial charge >= 0.3 is 0 Å². The van der Waals surface area contributed by atoms with Gasteiger partial charge in [0, 0.05) is 19.2 Å². The highest BCUT2D eigenvalue weighted by Gasteiger charge is 2.20. The molecule has 1 aliphatic heterocycles. The molecular formula is C11H23NO. The molecule has 0 spiro atoms. The second-order valence-corrected chi connectivity index (χ2v) is 4.05. The predicted molar refractivity (Wildman–Crippen MR) is 55.8 cm³/mol. The molecule has 0 bridgehead atoms. The van der Waals surface area contributed by atoms with Crippen molar-refractivity contribution < 1.29 is 5.11 Å². The first kappa shape index (κ1) is 11.0. The van der Waals surface area contributed by atoms with Crippen molar-refractivity contribution in [2.75, 3.05) is 19.7 Å². The predicted octanol–water partition coefficient (Wildman–Crippen LogP) is 2.02. The van der Waals surface area contributed by atoms with Crippen molar-refractivity contribution in [3.8, 4) is 0 Å². The fourth-order valence-corrected chi connectivity index (χ4v) is 2.29. The van der Waals surface area contributed by atoms with Crippen molar-refractivity contribution in [3.05, 3.63) is 0 Å². The Morgan fingerprint density at radius 2 is 2.23 bits per heavy atom. The number of nitrogens with zero attached hydrogens (tertiary/aromatic N) is 1. The molecule has 0 aromatic rings. The van der Waals surface area contributed by atoms with E-state index in [2.05, 4.69) is 11.8 Å². The van der Waals surface area contributed by atoms with Gasteiger partial charge in [-0.15, -0.1) is 0 Å². The molecule has 1 rings (SSSR count). The lowest BCUT2D eigenvalue weighted by atomic mass is 9.98. The first-order valence-electron chi connectivity index (χ1n) is 5.73. The molecule has 1 saturated heterocycles. The van der Waals surface area contributed by atoms with Gasteiger partial charge in [0.2, 0.25) is 0 Å². The summed E-state index contributed by atoms with van der Waals surface area (Å²) in [6.45, 7) is 4.96. The Labute approximate surface area is 81.9 Å². The number of piperidine rings is 1. The Morgan fingerprint density at radius 1 is 1.38 bits per heavy atom. The Kier molecular flexibility index (Phi) is 5.40. The van der Waals surface area contributed by atoms with Crippen LogP contribution in [0.2, 0.25) is 0 Å². The summed E-state index contributed by atoms with van der Waals surface area (Å²) in [5.74, 6) is 0. The molecule has 0 aliphatic carbocycles. The van der Waals surface area contributed by atoms with Crippen molar-refractivity contribution in [3.63, 3.8) is 0 Å². The third-order valence-electron chi connectivity index (χ3n) is 2.97. The van der Waals surface area contributed by atoms with Crippen LogP contribution in [-0.4, -0.2) is 35.7 Å². The van der Waals surface area contributed by atoms with Crippen molar-refractivity contribution >= 4 is 0 Å². The van der Waals surface area contributed by atoms with Gasteiger partial charge in [-0.2, -0.15) is 0 Å². The minimum absolute atomic E-state index is 0.343. The minimum Gasteiger partial charge on any atom is -0.396 e. The molecule has 0 radical (unpaired) electrons. The van der Waals surface area contributed by atoms with E-state index in [1.54, 1.807) is 0 Å². The molecule has 0 aromatic heterocycles. The molecular weight excluding hydrogens is 162 g/mol. The molecule has 78 valence electrons. The standard InChI is InChI=1S/C11H23NO/c1-2-6-11-7-3-4-8-12(11)9-5-10-13/h11,13H,2-10H2,1H3. The summed E-state index contributed by atoms with van der Waals surface area (Å²) in [5.41, 5.74) is 0. The summed E-state index contributed by atoms with van der Waals surface area (Å²) >= 11 is 0. The Balaban J connectivity index is 2.28. The molecule has 1 heterocycles. The SMILES string of the molecule is CCCC1CCCCN1CCCO. The second-order valence-electron chi connectivity index (χ2n) is 4.05. The molecule has 0 saturated carbocycles. The zero-order chi connectivity index (χ0) is 9.52. The average molecular weight is 185 g/mol. The van der Waals surface area contributed by atoms with E-state index < -0.39 is 0 Å². The minimum atomic E-state index is 0.343. The van der Waals surface area contributed by atoms with Gasteiger partial charge in [-0.3, -0.25) is 0 Å². The highest BCUT2D eigenvalue weighted by atomic mass is 16.3. The maximum absolute atomic E-state index is 8.79. The maximum Gasteiger partial charge on any atom is 0.0443 e. The Morgan fingerprint density at radius 3 is 2.92 bits per heavy atom. The van der Waals surface area contributed by atoms with E-state index in [9.17, 15) is 0 Å². The van der Waals surface area contributed by atoms with E-state index in [0.717, 1.165) is 19.0 Å². The van der Waals surface area contributed by atoms with Gasteiger partial charge in [0.25, 0.3) is 0 Å². The maximum atomic E-state index is 8.79. The van der Waals surface area contributed by atoms with E-state index in [1.807, 2.05) is 0 Å². The lowest BCUT2D eigenvalue weighted by Crippen LogP contribution is -2.40. The first-order valence-corrected chi connectivity index (χ1v) is 5.73. The highest BCUT2D eigenvalue weighted by molar-refractivity contribution is 4.76. The molecule has 1 unspecified atom stereocenters. The summed E-state index contributed by atoms with van der Waals surface area (Å²) in [6, 6.07) is 0.810. The van der Waals surface area contributed by atoms with E-state index in [1.165, 1.54) is 38.6 Å². The van der Waals surface area contributed by atoms with Crippen molar-refractivity contribution in [2.24, 2.45) is 0 Å². The van der Waals surface area contributed by atoms with Gasteiger partial charge in [0.05, 0.1) is 0 Å². The Bertz CT molecular complexity index is 125. The van der Waals surface area contributed by atoms with Crippen LogP contribution in [0.4, 0.5) is 0 Å². The lowest BCUT2D eigenvalue weighted by molar-refractivity contribution is 0.127. The van der Waals surface area contributed by atoms with Crippen LogP contribution in [0.3, 0.4) is 0 Å². The third kappa shape index (κ3) is 3.65. The summed E-state index contributed by atoms with van der Waals surface area (Å²) < 4.78 is 0. The normalized spacial score (nSPS) is 24.9. The molecule has 1 N–H and O–H groups in total. The largest absolute Gasteiger partial charge is 0.396 e. The fourth-order valence-electron chi connectivity index (χ4n) is 2.29. The van der Waals surface area contributed by atoms with E-state index >= 15 is 0 Å². The third-order valence-corrected chi connectivity index (χ3v) is 2.97. The number of likely N-dealkylation sites (tertiary alicyclic amines) is 1. The zero-order valence-corrected chi connectivity index (χ0v) is 8.84. The summed E-state index contributed by atoms with van der Waals surface area (Å²) in [5, 5.41) is 8.79. The number of aliphatic hydroxyl groups is 1. The van der Waals surface area contributed by atoms with Gasteiger partial charge in [-0.25, -0.2) is 0 Å². The van der Waals surface area contributed by atoms with Gasteiger partial charge in [0.15, 0.2) is 0 Å². The molecule has 0 aromatic carbocycles. The number of hydrogen-bond acceptors (Lipinski definition) is 2. The zero-order valence-electron chi connectivity index (χ0n) is 8.84. The smallest absolute Gasteiger partial charge is 0.0443 e. The molecule has 0 amide bonds. The van der Waals surface area contributed by atoms with Gasteiger partial charge in [0.1, 0.15) is 0 Å². The summed E-state index contributed by atoms with van der Waals surface area (Å²) in [4.78, 5) is 2.57.